The van der Waals surface area contributed by atoms with E-state index in [1.165, 1.54) is 6.42 Å². The molecule has 11 atom stereocenters. The second-order valence-corrected chi connectivity index (χ2v) is 16.5. The molecule has 0 aromatic rings. The highest BCUT2D eigenvalue weighted by Crippen LogP contribution is 2.68. The fourth-order valence-corrected chi connectivity index (χ4v) is 10.3. The number of aliphatic hydroxyl groups is 1. The minimum Gasteiger partial charge on any atom is -0.462 e. The lowest BCUT2D eigenvalue weighted by Gasteiger charge is -2.62. The highest BCUT2D eigenvalue weighted by atomic mass is 32.2. The van der Waals surface area contributed by atoms with Crippen molar-refractivity contribution in [3.63, 3.8) is 0 Å². The van der Waals surface area contributed by atoms with Crippen LogP contribution in [-0.4, -0.2) is 57.0 Å². The van der Waals surface area contributed by atoms with Gasteiger partial charge in [0.05, 0.1) is 18.3 Å². The van der Waals surface area contributed by atoms with Crippen molar-refractivity contribution in [1.29, 1.82) is 0 Å². The number of amides is 1. The molecule has 8 nitrogen and oxygen atoms in total. The summed E-state index contributed by atoms with van der Waals surface area (Å²) in [6, 6.07) is 0. The Labute approximate surface area is 248 Å². The van der Waals surface area contributed by atoms with Gasteiger partial charge in [-0.25, -0.2) is 13.1 Å². The Morgan fingerprint density at radius 2 is 1.68 bits per heavy atom. The molecule has 4 fully saturated rings. The fourth-order valence-electron chi connectivity index (χ4n) is 9.80. The molecule has 1 amide bonds. The molecule has 4 aliphatic rings. The van der Waals surface area contributed by atoms with Gasteiger partial charge in [-0.3, -0.25) is 9.59 Å². The van der Waals surface area contributed by atoms with Crippen LogP contribution in [0.3, 0.4) is 0 Å². The lowest BCUT2D eigenvalue weighted by atomic mass is 9.43. The largest absolute Gasteiger partial charge is 0.462 e. The van der Waals surface area contributed by atoms with Crippen LogP contribution >= 0.6 is 0 Å². The molecule has 41 heavy (non-hydrogen) atoms. The molecule has 9 unspecified atom stereocenters. The number of sulfonamides is 1. The Morgan fingerprint density at radius 3 is 2.37 bits per heavy atom. The first-order valence-electron chi connectivity index (χ1n) is 16.3. The summed E-state index contributed by atoms with van der Waals surface area (Å²) < 4.78 is 30.7. The van der Waals surface area contributed by atoms with Crippen LogP contribution in [0.4, 0.5) is 0 Å². The van der Waals surface area contributed by atoms with Gasteiger partial charge in [-0.2, -0.15) is 0 Å². The van der Waals surface area contributed by atoms with Gasteiger partial charge in [-0.05, 0) is 111 Å². The molecule has 4 rings (SSSR count). The zero-order valence-electron chi connectivity index (χ0n) is 26.3. The molecule has 4 aliphatic carbocycles. The van der Waals surface area contributed by atoms with Crippen molar-refractivity contribution in [3.05, 3.63) is 0 Å². The van der Waals surface area contributed by atoms with Crippen LogP contribution < -0.4 is 10.0 Å². The Morgan fingerprint density at radius 1 is 1.00 bits per heavy atom. The molecule has 0 spiro atoms. The highest BCUT2D eigenvalue weighted by molar-refractivity contribution is 7.88. The summed E-state index contributed by atoms with van der Waals surface area (Å²) in [4.78, 5) is 24.9. The van der Waals surface area contributed by atoms with E-state index in [0.29, 0.717) is 48.5 Å². The molecular weight excluding hydrogens is 540 g/mol. The Hall–Kier alpha value is -1.19. The summed E-state index contributed by atoms with van der Waals surface area (Å²) in [7, 11) is -3.25. The maximum Gasteiger partial charge on any atom is 0.308 e. The van der Waals surface area contributed by atoms with Crippen molar-refractivity contribution in [1.82, 2.24) is 10.0 Å². The minimum atomic E-state index is -3.25. The topological polar surface area (TPSA) is 122 Å². The van der Waals surface area contributed by atoms with Crippen LogP contribution in [-0.2, 0) is 24.3 Å². The highest BCUT2D eigenvalue weighted by Gasteiger charge is 2.63. The number of aliphatic hydroxyl groups excluding tert-OH is 1. The van der Waals surface area contributed by atoms with Gasteiger partial charge in [0.1, 0.15) is 6.10 Å². The van der Waals surface area contributed by atoms with Gasteiger partial charge in [0.2, 0.25) is 15.9 Å². The van der Waals surface area contributed by atoms with Gasteiger partial charge in [0.25, 0.3) is 0 Å². The zero-order valence-corrected chi connectivity index (χ0v) is 27.1. The lowest BCUT2D eigenvalue weighted by molar-refractivity contribution is -0.184. The number of hydrogen-bond acceptors (Lipinski definition) is 6. The number of esters is 1. The van der Waals surface area contributed by atoms with Crippen LogP contribution in [0.25, 0.3) is 0 Å². The normalized spacial score (nSPS) is 40.0. The summed E-state index contributed by atoms with van der Waals surface area (Å²) in [6.45, 7) is 11.7. The third kappa shape index (κ3) is 6.98. The first-order chi connectivity index (χ1) is 19.2. The summed E-state index contributed by atoms with van der Waals surface area (Å²) in [5.41, 5.74) is 0.377. The number of fused-ring (bicyclic) bond motifs is 5. The van der Waals surface area contributed by atoms with E-state index in [2.05, 4.69) is 30.8 Å². The summed E-state index contributed by atoms with van der Waals surface area (Å²) >= 11 is 0. The van der Waals surface area contributed by atoms with Crippen molar-refractivity contribution in [2.75, 3.05) is 19.3 Å². The third-order valence-electron chi connectivity index (χ3n) is 12.3. The van der Waals surface area contributed by atoms with Crippen molar-refractivity contribution < 1.29 is 27.9 Å². The monoisotopic (exact) mass is 596 g/mol. The molecule has 0 saturated heterocycles. The minimum absolute atomic E-state index is 0.0166. The first-order valence-corrected chi connectivity index (χ1v) is 18.2. The molecule has 0 bridgehead atoms. The predicted octanol–water partition coefficient (Wildman–Crippen LogP) is 4.66. The van der Waals surface area contributed by atoms with Crippen LogP contribution in [0.15, 0.2) is 0 Å². The molecule has 0 radical (unpaired) electrons. The SMILES string of the molecule is CCC(C)C(=O)OC1CC[C@@]2(C)C(C1)CC(O)C1C3CCC(C(C)CCC(=O)NCCNS(C)(=O)=O)[C@@]3(C)CCC12. The van der Waals surface area contributed by atoms with E-state index in [0.717, 1.165) is 64.0 Å². The summed E-state index contributed by atoms with van der Waals surface area (Å²) in [6.07, 6.45) is 11.2. The predicted molar refractivity (Wildman–Crippen MR) is 160 cm³/mol. The van der Waals surface area contributed by atoms with Crippen LogP contribution in [0.5, 0.6) is 0 Å². The van der Waals surface area contributed by atoms with E-state index in [1.54, 1.807) is 0 Å². The summed E-state index contributed by atoms with van der Waals surface area (Å²) in [5.74, 6) is 2.56. The molecule has 3 N–H and O–H groups in total. The van der Waals surface area contributed by atoms with Gasteiger partial charge in [-0.1, -0.05) is 34.6 Å². The fraction of sp³-hybridized carbons (Fsp3) is 0.938. The van der Waals surface area contributed by atoms with E-state index < -0.39 is 10.0 Å². The van der Waals surface area contributed by atoms with Crippen LogP contribution in [0.1, 0.15) is 105 Å². The third-order valence-corrected chi connectivity index (χ3v) is 13.1. The number of carbonyl (C=O) groups is 2. The van der Waals surface area contributed by atoms with E-state index in [1.807, 2.05) is 13.8 Å². The number of carbonyl (C=O) groups excluding carboxylic acids is 2. The van der Waals surface area contributed by atoms with Crippen molar-refractivity contribution in [3.8, 4) is 0 Å². The molecule has 4 saturated carbocycles. The number of rotatable bonds is 11. The number of nitrogens with one attached hydrogen (secondary N) is 2. The van der Waals surface area contributed by atoms with E-state index in [4.69, 9.17) is 4.74 Å². The van der Waals surface area contributed by atoms with Crippen LogP contribution in [0.2, 0.25) is 0 Å². The average molecular weight is 597 g/mol. The van der Waals surface area contributed by atoms with Crippen molar-refractivity contribution >= 4 is 21.9 Å². The maximum absolute atomic E-state index is 12.5. The van der Waals surface area contributed by atoms with Gasteiger partial charge < -0.3 is 15.2 Å². The smallest absolute Gasteiger partial charge is 0.308 e. The molecule has 9 heteroatoms. The van der Waals surface area contributed by atoms with Crippen molar-refractivity contribution in [2.24, 2.45) is 52.3 Å². The molecule has 0 aromatic heterocycles. The van der Waals surface area contributed by atoms with Gasteiger partial charge in [-0.15, -0.1) is 0 Å². The zero-order chi connectivity index (χ0) is 30.2. The standard InChI is InChI=1S/C32H56N2O6S/c1-7-20(2)30(37)40-23-12-14-31(4)22(18-23)19-27(35)29-25-10-9-24(32(25,5)15-13-26(29)31)21(3)8-11-28(36)33-16-17-34-41(6,38)39/h20-27,29,34-35H,7-19H2,1-6H3,(H,33,36)/t20?,21?,22?,23?,24?,25?,26?,27?,29?,31-,32+/m0/s1. The number of ether oxygens (including phenoxy) is 1. The molecule has 0 aliphatic heterocycles. The number of hydrogen-bond donors (Lipinski definition) is 3. The first kappa shape index (κ1) is 32.7. The van der Waals surface area contributed by atoms with Gasteiger partial charge in [0.15, 0.2) is 0 Å². The maximum atomic E-state index is 12.5. The van der Waals surface area contributed by atoms with Gasteiger partial charge >= 0.3 is 5.97 Å². The average Bonchev–Trinajstić information content (AvgIpc) is 3.26. The molecular formula is C32H56N2O6S. The second kappa shape index (κ2) is 12.8. The van der Waals surface area contributed by atoms with Crippen molar-refractivity contribution in [2.45, 2.75) is 117 Å². The lowest BCUT2D eigenvalue weighted by Crippen LogP contribution is -2.58. The molecule has 0 heterocycles. The Bertz CT molecular complexity index is 1050. The van der Waals surface area contributed by atoms with E-state index in [9.17, 15) is 23.1 Å². The Kier molecular flexibility index (Phi) is 10.2. The second-order valence-electron chi connectivity index (χ2n) is 14.7. The summed E-state index contributed by atoms with van der Waals surface area (Å²) in [5, 5.41) is 14.5. The molecule has 0 aromatic carbocycles. The quantitative estimate of drug-likeness (QED) is 0.236. The van der Waals surface area contributed by atoms with Crippen LogP contribution in [0, 0.1) is 52.3 Å². The van der Waals surface area contributed by atoms with E-state index >= 15 is 0 Å². The van der Waals surface area contributed by atoms with E-state index in [-0.39, 0.29) is 47.4 Å². The van der Waals surface area contributed by atoms with Gasteiger partial charge in [0, 0.05) is 19.5 Å². The molecule has 236 valence electrons. The Balaban J connectivity index is 1.34.